The molecule has 2 rings (SSSR count). The predicted molar refractivity (Wildman–Crippen MR) is 83.6 cm³/mol. The highest BCUT2D eigenvalue weighted by molar-refractivity contribution is 5.39. The monoisotopic (exact) mass is 269 g/mol. The summed E-state index contributed by atoms with van der Waals surface area (Å²) >= 11 is 0. The number of benzene rings is 1. The Labute approximate surface area is 121 Å². The maximum atomic E-state index is 5.68. The molecule has 1 aromatic heterocycles. The van der Waals surface area contributed by atoms with Gasteiger partial charge in [0.1, 0.15) is 5.82 Å². The van der Waals surface area contributed by atoms with E-state index in [0.29, 0.717) is 0 Å². The zero-order valence-electron chi connectivity index (χ0n) is 12.6. The first-order valence-electron chi connectivity index (χ1n) is 7.12. The van der Waals surface area contributed by atoms with E-state index in [1.165, 1.54) is 5.56 Å². The number of nitrogens with two attached hydrogens (primary N) is 1. The van der Waals surface area contributed by atoms with Gasteiger partial charge in [-0.1, -0.05) is 32.9 Å². The summed E-state index contributed by atoms with van der Waals surface area (Å²) in [6.07, 6.45) is 4.86. The van der Waals surface area contributed by atoms with Gasteiger partial charge < -0.3 is 5.73 Å². The lowest BCUT2D eigenvalue weighted by Gasteiger charge is -2.17. The fraction of sp³-hybridized carbons (Fsp3) is 0.412. The van der Waals surface area contributed by atoms with Gasteiger partial charge in [0, 0.05) is 29.4 Å². The van der Waals surface area contributed by atoms with Crippen LogP contribution in [-0.4, -0.2) is 9.97 Å². The second-order valence-electron chi connectivity index (χ2n) is 6.20. The van der Waals surface area contributed by atoms with E-state index >= 15 is 0 Å². The average Bonchev–Trinajstić information content (AvgIpc) is 2.40. The fourth-order valence-corrected chi connectivity index (χ4v) is 2.07. The van der Waals surface area contributed by atoms with Crippen LogP contribution in [0.15, 0.2) is 36.5 Å². The highest BCUT2D eigenvalue weighted by Crippen LogP contribution is 2.19. The van der Waals surface area contributed by atoms with Gasteiger partial charge in [0.05, 0.1) is 0 Å². The number of rotatable bonds is 4. The third kappa shape index (κ3) is 4.05. The molecule has 0 fully saturated rings. The van der Waals surface area contributed by atoms with Crippen molar-refractivity contribution in [3.8, 4) is 0 Å². The Balaban J connectivity index is 1.93. The molecular formula is C17H23N3. The lowest BCUT2D eigenvalue weighted by atomic mass is 9.92. The topological polar surface area (TPSA) is 51.8 Å². The number of hydrogen-bond acceptors (Lipinski definition) is 3. The zero-order chi connectivity index (χ0) is 14.6. The standard InChI is InChI=1S/C17H23N3/c1-17(2,3)15-11-12-19-16(20-15)6-4-5-13-7-9-14(18)10-8-13/h7-12H,4-6,18H2,1-3H3. The summed E-state index contributed by atoms with van der Waals surface area (Å²) in [5.74, 6) is 0.938. The summed E-state index contributed by atoms with van der Waals surface area (Å²) in [5, 5.41) is 0. The smallest absolute Gasteiger partial charge is 0.128 e. The van der Waals surface area contributed by atoms with E-state index in [1.54, 1.807) is 0 Å². The highest BCUT2D eigenvalue weighted by Gasteiger charge is 2.15. The predicted octanol–water partition coefficient (Wildman–Crippen LogP) is 3.53. The van der Waals surface area contributed by atoms with Crippen molar-refractivity contribution in [2.24, 2.45) is 0 Å². The van der Waals surface area contributed by atoms with Gasteiger partial charge in [-0.05, 0) is 36.6 Å². The summed E-state index contributed by atoms with van der Waals surface area (Å²) in [6.45, 7) is 6.52. The van der Waals surface area contributed by atoms with Crippen molar-refractivity contribution >= 4 is 5.69 Å². The van der Waals surface area contributed by atoms with Gasteiger partial charge in [-0.25, -0.2) is 9.97 Å². The second kappa shape index (κ2) is 6.04. The lowest BCUT2D eigenvalue weighted by Crippen LogP contribution is -2.15. The van der Waals surface area contributed by atoms with Gasteiger partial charge in [0.25, 0.3) is 0 Å². The van der Waals surface area contributed by atoms with Crippen molar-refractivity contribution in [1.82, 2.24) is 9.97 Å². The molecule has 0 unspecified atom stereocenters. The molecule has 1 heterocycles. The number of nitrogens with zero attached hydrogens (tertiary/aromatic N) is 2. The van der Waals surface area contributed by atoms with Crippen molar-refractivity contribution < 1.29 is 0 Å². The Morgan fingerprint density at radius 3 is 2.35 bits per heavy atom. The molecule has 106 valence electrons. The van der Waals surface area contributed by atoms with E-state index in [4.69, 9.17) is 5.73 Å². The Morgan fingerprint density at radius 2 is 1.70 bits per heavy atom. The number of aromatic nitrogens is 2. The Kier molecular flexibility index (Phi) is 4.38. The van der Waals surface area contributed by atoms with Gasteiger partial charge in [-0.2, -0.15) is 0 Å². The lowest BCUT2D eigenvalue weighted by molar-refractivity contribution is 0.560. The van der Waals surface area contributed by atoms with Gasteiger partial charge in [-0.3, -0.25) is 0 Å². The average molecular weight is 269 g/mol. The van der Waals surface area contributed by atoms with Gasteiger partial charge >= 0.3 is 0 Å². The van der Waals surface area contributed by atoms with Crippen LogP contribution >= 0.6 is 0 Å². The second-order valence-corrected chi connectivity index (χ2v) is 6.20. The molecule has 2 N–H and O–H groups in total. The van der Waals surface area contributed by atoms with Gasteiger partial charge in [0.2, 0.25) is 0 Å². The first-order chi connectivity index (χ1) is 9.45. The maximum Gasteiger partial charge on any atom is 0.128 e. The van der Waals surface area contributed by atoms with E-state index < -0.39 is 0 Å². The summed E-state index contributed by atoms with van der Waals surface area (Å²) in [6, 6.07) is 10.1. The Morgan fingerprint density at radius 1 is 1.00 bits per heavy atom. The fourth-order valence-electron chi connectivity index (χ4n) is 2.07. The molecule has 0 aliphatic heterocycles. The molecule has 0 atom stereocenters. The Bertz CT molecular complexity index is 553. The normalized spacial score (nSPS) is 11.6. The van der Waals surface area contributed by atoms with Crippen LogP contribution < -0.4 is 5.73 Å². The number of aryl methyl sites for hydroxylation is 2. The van der Waals surface area contributed by atoms with Crippen molar-refractivity contribution in [1.29, 1.82) is 0 Å². The molecule has 0 saturated heterocycles. The molecular weight excluding hydrogens is 246 g/mol. The quantitative estimate of drug-likeness (QED) is 0.864. The highest BCUT2D eigenvalue weighted by atomic mass is 14.9. The van der Waals surface area contributed by atoms with E-state index in [9.17, 15) is 0 Å². The van der Waals surface area contributed by atoms with Gasteiger partial charge in [-0.15, -0.1) is 0 Å². The van der Waals surface area contributed by atoms with Gasteiger partial charge in [0.15, 0.2) is 0 Å². The van der Waals surface area contributed by atoms with E-state index in [1.807, 2.05) is 24.4 Å². The molecule has 0 bridgehead atoms. The van der Waals surface area contributed by atoms with Crippen molar-refractivity contribution in [3.05, 3.63) is 53.6 Å². The van der Waals surface area contributed by atoms with Crippen LogP contribution in [0.5, 0.6) is 0 Å². The third-order valence-electron chi connectivity index (χ3n) is 3.32. The molecule has 2 aromatic rings. The van der Waals surface area contributed by atoms with Crippen molar-refractivity contribution in [3.63, 3.8) is 0 Å². The molecule has 0 aliphatic carbocycles. The summed E-state index contributed by atoms with van der Waals surface area (Å²) in [5.41, 5.74) is 8.99. The van der Waals surface area contributed by atoms with Crippen LogP contribution in [0.3, 0.4) is 0 Å². The Hall–Kier alpha value is -1.90. The third-order valence-corrected chi connectivity index (χ3v) is 3.32. The van der Waals surface area contributed by atoms with Crippen molar-refractivity contribution in [2.45, 2.75) is 45.4 Å². The van der Waals surface area contributed by atoms with Crippen LogP contribution in [0.4, 0.5) is 5.69 Å². The van der Waals surface area contributed by atoms with Crippen LogP contribution in [0.1, 0.15) is 44.3 Å². The molecule has 20 heavy (non-hydrogen) atoms. The van der Waals surface area contributed by atoms with Crippen LogP contribution in [0.2, 0.25) is 0 Å². The number of anilines is 1. The maximum absolute atomic E-state index is 5.68. The van der Waals surface area contributed by atoms with Crippen LogP contribution in [0, 0.1) is 0 Å². The zero-order valence-corrected chi connectivity index (χ0v) is 12.6. The summed E-state index contributed by atoms with van der Waals surface area (Å²) in [7, 11) is 0. The minimum absolute atomic E-state index is 0.0780. The molecule has 3 nitrogen and oxygen atoms in total. The van der Waals surface area contributed by atoms with E-state index in [0.717, 1.165) is 36.5 Å². The SMILES string of the molecule is CC(C)(C)c1ccnc(CCCc2ccc(N)cc2)n1. The largest absolute Gasteiger partial charge is 0.399 e. The molecule has 0 amide bonds. The minimum atomic E-state index is 0.0780. The van der Waals surface area contributed by atoms with E-state index in [2.05, 4.69) is 42.9 Å². The summed E-state index contributed by atoms with van der Waals surface area (Å²) in [4.78, 5) is 9.03. The van der Waals surface area contributed by atoms with Crippen LogP contribution in [0.25, 0.3) is 0 Å². The molecule has 3 heteroatoms. The summed E-state index contributed by atoms with van der Waals surface area (Å²) < 4.78 is 0. The molecule has 0 spiro atoms. The molecule has 0 aliphatic rings. The first kappa shape index (κ1) is 14.5. The van der Waals surface area contributed by atoms with E-state index in [-0.39, 0.29) is 5.41 Å². The minimum Gasteiger partial charge on any atom is -0.399 e. The van der Waals surface area contributed by atoms with Crippen molar-refractivity contribution in [2.75, 3.05) is 5.73 Å². The number of nitrogen functional groups attached to an aromatic ring is 1. The molecule has 1 aromatic carbocycles. The molecule has 0 radical (unpaired) electrons. The first-order valence-corrected chi connectivity index (χ1v) is 7.12. The number of hydrogen-bond donors (Lipinski definition) is 1. The molecule has 0 saturated carbocycles. The van der Waals surface area contributed by atoms with Crippen LogP contribution in [-0.2, 0) is 18.3 Å².